The zero-order valence-electron chi connectivity index (χ0n) is 19.0. The number of amides is 1. The highest BCUT2D eigenvalue weighted by atomic mass is 32.2. The van der Waals surface area contributed by atoms with Gasteiger partial charge in [-0.1, -0.05) is 61.5 Å². The Morgan fingerprint density at radius 3 is 2.44 bits per heavy atom. The second-order valence-corrected chi connectivity index (χ2v) is 8.87. The van der Waals surface area contributed by atoms with Crippen LogP contribution in [0.15, 0.2) is 66.3 Å². The molecule has 0 aliphatic carbocycles. The van der Waals surface area contributed by atoms with Crippen LogP contribution in [0, 0.1) is 6.92 Å². The van der Waals surface area contributed by atoms with Gasteiger partial charge in [0, 0.05) is 12.2 Å². The molecule has 0 saturated carbocycles. The summed E-state index contributed by atoms with van der Waals surface area (Å²) in [5.41, 5.74) is 3.19. The predicted molar refractivity (Wildman–Crippen MR) is 130 cm³/mol. The third kappa shape index (κ3) is 6.23. The number of ether oxygens (including phenoxy) is 1. The van der Waals surface area contributed by atoms with Crippen molar-refractivity contribution in [3.63, 3.8) is 0 Å². The first kappa shape index (κ1) is 23.6. The molecule has 1 atom stereocenters. The van der Waals surface area contributed by atoms with Crippen LogP contribution in [-0.4, -0.2) is 26.4 Å². The molecule has 0 aliphatic heterocycles. The van der Waals surface area contributed by atoms with Gasteiger partial charge >= 0.3 is 0 Å². The smallest absolute Gasteiger partial charge is 0.234 e. The number of nitrogens with one attached hydrogen (secondary N) is 1. The summed E-state index contributed by atoms with van der Waals surface area (Å²) in [6.07, 6.45) is 1.48. The summed E-state index contributed by atoms with van der Waals surface area (Å²) in [6.45, 7) is 12.7. The minimum absolute atomic E-state index is 0.0944. The normalized spacial score (nSPS) is 11.9. The number of nitrogens with zero attached hydrogens (tertiary/aromatic N) is 3. The third-order valence-electron chi connectivity index (χ3n) is 4.95. The van der Waals surface area contributed by atoms with E-state index in [1.807, 2.05) is 54.8 Å². The van der Waals surface area contributed by atoms with Crippen LogP contribution in [0.5, 0.6) is 5.75 Å². The molecule has 1 N–H and O–H groups in total. The van der Waals surface area contributed by atoms with Crippen molar-refractivity contribution in [2.24, 2.45) is 0 Å². The van der Waals surface area contributed by atoms with Crippen molar-refractivity contribution in [1.82, 2.24) is 14.8 Å². The maximum atomic E-state index is 12.4. The quantitative estimate of drug-likeness (QED) is 0.314. The molecule has 2 aromatic carbocycles. The molecule has 32 heavy (non-hydrogen) atoms. The minimum Gasteiger partial charge on any atom is -0.483 e. The van der Waals surface area contributed by atoms with Gasteiger partial charge in [-0.05, 0) is 49.6 Å². The lowest BCUT2D eigenvalue weighted by molar-refractivity contribution is -0.113. The van der Waals surface area contributed by atoms with Crippen LogP contribution < -0.4 is 10.1 Å². The van der Waals surface area contributed by atoms with E-state index in [0.29, 0.717) is 23.4 Å². The summed E-state index contributed by atoms with van der Waals surface area (Å²) in [7, 11) is 0. The fourth-order valence-corrected chi connectivity index (χ4v) is 3.92. The summed E-state index contributed by atoms with van der Waals surface area (Å²) < 4.78 is 8.04. The first-order valence-electron chi connectivity index (χ1n) is 10.7. The standard InChI is InChI=1S/C25H30N4O2S/c1-6-15-29-24(19(5)31-22-13-9-20(10-14-22)17(2)3)27-28-25(29)32-16-23(30)26-21-11-7-18(4)8-12-21/h6-14,17,19H,1,15-16H2,2-5H3,(H,26,30). The summed E-state index contributed by atoms with van der Waals surface area (Å²) in [5.74, 6) is 2.08. The lowest BCUT2D eigenvalue weighted by Crippen LogP contribution is -2.15. The molecule has 0 aliphatic rings. The van der Waals surface area contributed by atoms with E-state index in [0.717, 1.165) is 17.0 Å². The number of carbonyl (C=O) groups is 1. The molecule has 0 saturated heterocycles. The highest BCUT2D eigenvalue weighted by Crippen LogP contribution is 2.26. The zero-order chi connectivity index (χ0) is 23.1. The Morgan fingerprint density at radius 2 is 1.81 bits per heavy atom. The van der Waals surface area contributed by atoms with Crippen molar-refractivity contribution in [2.75, 3.05) is 11.1 Å². The van der Waals surface area contributed by atoms with Crippen LogP contribution in [-0.2, 0) is 11.3 Å². The Balaban J connectivity index is 1.65. The molecule has 6 nitrogen and oxygen atoms in total. The van der Waals surface area contributed by atoms with Gasteiger partial charge in [-0.15, -0.1) is 16.8 Å². The van der Waals surface area contributed by atoms with Gasteiger partial charge in [-0.2, -0.15) is 0 Å². The van der Waals surface area contributed by atoms with Crippen molar-refractivity contribution < 1.29 is 9.53 Å². The molecule has 0 fully saturated rings. The lowest BCUT2D eigenvalue weighted by atomic mass is 10.0. The number of allylic oxidation sites excluding steroid dienone is 1. The SMILES string of the molecule is C=CCn1c(SCC(=O)Nc2ccc(C)cc2)nnc1C(C)Oc1ccc(C(C)C)cc1. The number of anilines is 1. The van der Waals surface area contributed by atoms with E-state index in [-0.39, 0.29) is 17.8 Å². The van der Waals surface area contributed by atoms with Crippen LogP contribution in [0.4, 0.5) is 5.69 Å². The van der Waals surface area contributed by atoms with Crippen molar-refractivity contribution in [3.05, 3.63) is 78.1 Å². The zero-order valence-corrected chi connectivity index (χ0v) is 19.9. The van der Waals surface area contributed by atoms with Crippen molar-refractivity contribution in [3.8, 4) is 5.75 Å². The highest BCUT2D eigenvalue weighted by Gasteiger charge is 2.20. The van der Waals surface area contributed by atoms with E-state index in [4.69, 9.17) is 4.74 Å². The van der Waals surface area contributed by atoms with E-state index in [2.05, 4.69) is 48.1 Å². The molecule has 168 valence electrons. The molecule has 0 radical (unpaired) electrons. The molecular formula is C25H30N4O2S. The van der Waals surface area contributed by atoms with Crippen LogP contribution in [0.3, 0.4) is 0 Å². The average molecular weight is 451 g/mol. The van der Waals surface area contributed by atoms with Gasteiger partial charge in [0.1, 0.15) is 5.75 Å². The fraction of sp³-hybridized carbons (Fsp3) is 0.320. The molecule has 1 aromatic heterocycles. The van der Waals surface area contributed by atoms with E-state index >= 15 is 0 Å². The minimum atomic E-state index is -0.303. The van der Waals surface area contributed by atoms with Crippen LogP contribution >= 0.6 is 11.8 Å². The van der Waals surface area contributed by atoms with Gasteiger partial charge in [-0.3, -0.25) is 9.36 Å². The third-order valence-corrected chi connectivity index (χ3v) is 5.91. The molecule has 1 unspecified atom stereocenters. The molecule has 0 spiro atoms. The Kier molecular flexibility index (Phi) is 8.11. The monoisotopic (exact) mass is 450 g/mol. The summed E-state index contributed by atoms with van der Waals surface area (Å²) in [6, 6.07) is 15.8. The Bertz CT molecular complexity index is 1040. The van der Waals surface area contributed by atoms with Crippen LogP contribution in [0.2, 0.25) is 0 Å². The van der Waals surface area contributed by atoms with Crippen molar-refractivity contribution in [2.45, 2.75) is 51.4 Å². The fourth-order valence-electron chi connectivity index (χ4n) is 3.16. The molecule has 1 amide bonds. The first-order chi connectivity index (χ1) is 15.4. The number of benzene rings is 2. The average Bonchev–Trinajstić information content (AvgIpc) is 3.17. The number of aromatic nitrogens is 3. The Morgan fingerprint density at radius 1 is 1.12 bits per heavy atom. The summed E-state index contributed by atoms with van der Waals surface area (Å²) in [4.78, 5) is 12.4. The van der Waals surface area contributed by atoms with Gasteiger partial charge in [0.15, 0.2) is 17.1 Å². The number of aryl methyl sites for hydroxylation is 1. The first-order valence-corrected chi connectivity index (χ1v) is 11.7. The van der Waals surface area contributed by atoms with E-state index in [1.54, 1.807) is 6.08 Å². The van der Waals surface area contributed by atoms with Crippen molar-refractivity contribution in [1.29, 1.82) is 0 Å². The number of hydrogen-bond donors (Lipinski definition) is 1. The Hall–Kier alpha value is -3.06. The number of carbonyl (C=O) groups excluding carboxylic acids is 1. The van der Waals surface area contributed by atoms with Gasteiger partial charge in [-0.25, -0.2) is 0 Å². The lowest BCUT2D eigenvalue weighted by Gasteiger charge is -2.16. The highest BCUT2D eigenvalue weighted by molar-refractivity contribution is 7.99. The summed E-state index contributed by atoms with van der Waals surface area (Å²) >= 11 is 1.34. The molecular weight excluding hydrogens is 420 g/mol. The molecule has 0 bridgehead atoms. The van der Waals surface area contributed by atoms with Gasteiger partial charge in [0.2, 0.25) is 5.91 Å². The maximum Gasteiger partial charge on any atom is 0.234 e. The van der Waals surface area contributed by atoms with E-state index < -0.39 is 0 Å². The Labute approximate surface area is 194 Å². The van der Waals surface area contributed by atoms with Gasteiger partial charge < -0.3 is 10.1 Å². The number of hydrogen-bond acceptors (Lipinski definition) is 5. The van der Waals surface area contributed by atoms with Gasteiger partial charge in [0.25, 0.3) is 0 Å². The maximum absolute atomic E-state index is 12.4. The topological polar surface area (TPSA) is 69.0 Å². The molecule has 3 aromatic rings. The van der Waals surface area contributed by atoms with Crippen LogP contribution in [0.25, 0.3) is 0 Å². The van der Waals surface area contributed by atoms with E-state index in [9.17, 15) is 4.79 Å². The second-order valence-electron chi connectivity index (χ2n) is 7.93. The van der Waals surface area contributed by atoms with E-state index in [1.165, 1.54) is 17.3 Å². The largest absolute Gasteiger partial charge is 0.483 e. The number of thioether (sulfide) groups is 1. The molecule has 3 rings (SSSR count). The molecule has 7 heteroatoms. The van der Waals surface area contributed by atoms with Crippen LogP contribution in [0.1, 0.15) is 49.7 Å². The predicted octanol–water partition coefficient (Wildman–Crippen LogP) is 5.77. The van der Waals surface area contributed by atoms with Gasteiger partial charge in [0.05, 0.1) is 5.75 Å². The van der Waals surface area contributed by atoms with Crippen molar-refractivity contribution >= 4 is 23.4 Å². The number of rotatable bonds is 10. The summed E-state index contributed by atoms with van der Waals surface area (Å²) in [5, 5.41) is 12.2. The second kappa shape index (κ2) is 11.0. The molecule has 1 heterocycles.